The summed E-state index contributed by atoms with van der Waals surface area (Å²) >= 11 is 0. The molecule has 2 amide bonds. The number of carbonyl (C=O) groups excluding carboxylic acids is 2. The molecular weight excluding hydrogens is 404 g/mol. The number of benzene rings is 1. The molecule has 3 N–H and O–H groups in total. The molecule has 0 aliphatic carbocycles. The molecule has 0 spiro atoms. The number of aryl methyl sites for hydroxylation is 2. The molecule has 0 saturated carbocycles. The van der Waals surface area contributed by atoms with E-state index in [0.717, 1.165) is 16.7 Å². The van der Waals surface area contributed by atoms with Crippen LogP contribution in [-0.2, 0) is 9.59 Å². The van der Waals surface area contributed by atoms with E-state index in [-0.39, 0.29) is 18.2 Å². The maximum absolute atomic E-state index is 12.5. The van der Waals surface area contributed by atoms with Crippen LogP contribution in [-0.4, -0.2) is 45.8 Å². The van der Waals surface area contributed by atoms with Crippen molar-refractivity contribution in [2.24, 2.45) is 5.73 Å². The van der Waals surface area contributed by atoms with Crippen molar-refractivity contribution in [2.45, 2.75) is 39.7 Å². The summed E-state index contributed by atoms with van der Waals surface area (Å²) in [5.74, 6) is -0.916. The molecule has 1 atom stereocenters. The third-order valence-corrected chi connectivity index (χ3v) is 5.33. The van der Waals surface area contributed by atoms with Gasteiger partial charge < -0.3 is 20.7 Å². The number of amides is 2. The molecule has 31 heavy (non-hydrogen) atoms. The van der Waals surface area contributed by atoms with Gasteiger partial charge in [0.15, 0.2) is 0 Å². The van der Waals surface area contributed by atoms with E-state index < -0.39 is 28.5 Å². The molecule has 1 unspecified atom stereocenters. The van der Waals surface area contributed by atoms with E-state index in [0.29, 0.717) is 25.1 Å². The highest BCUT2D eigenvalue weighted by atomic mass is 16.6. The Hall–Kier alpha value is -3.76. The molecule has 11 nitrogen and oxygen atoms in total. The Bertz CT molecular complexity index is 1020. The second-order valence-electron chi connectivity index (χ2n) is 7.43. The summed E-state index contributed by atoms with van der Waals surface area (Å²) in [4.78, 5) is 44.4. The molecule has 0 radical (unpaired) electrons. The lowest BCUT2D eigenvalue weighted by atomic mass is 10.0. The second-order valence-corrected chi connectivity index (χ2v) is 7.43. The van der Waals surface area contributed by atoms with Gasteiger partial charge in [-0.3, -0.25) is 19.7 Å². The molecule has 1 saturated heterocycles. The molecule has 164 valence electrons. The van der Waals surface area contributed by atoms with Crippen LogP contribution in [0, 0.1) is 30.9 Å². The number of primary amides is 1. The van der Waals surface area contributed by atoms with Gasteiger partial charge in [-0.15, -0.1) is 0 Å². The molecule has 1 aliphatic rings. The normalized spacial score (nSPS) is 15.6. The topological polar surface area (TPSA) is 154 Å². The van der Waals surface area contributed by atoms with Crippen LogP contribution in [0.4, 0.5) is 11.5 Å². The van der Waals surface area contributed by atoms with Crippen LogP contribution in [0.3, 0.4) is 0 Å². The fraction of sp³-hybridized carbons (Fsp3) is 0.400. The maximum Gasteiger partial charge on any atom is 0.373 e. The highest BCUT2D eigenvalue weighted by Crippen LogP contribution is 2.39. The Labute approximate surface area is 178 Å². The molecular formula is C20H24N6O5. The van der Waals surface area contributed by atoms with Gasteiger partial charge in [0.25, 0.3) is 0 Å². The van der Waals surface area contributed by atoms with Crippen molar-refractivity contribution in [2.75, 3.05) is 18.0 Å². The number of nitrogens with zero attached hydrogens (tertiary/aromatic N) is 4. The first-order valence-electron chi connectivity index (χ1n) is 9.76. The molecule has 0 bridgehead atoms. The van der Waals surface area contributed by atoms with Crippen LogP contribution in [0.2, 0.25) is 0 Å². The van der Waals surface area contributed by atoms with Crippen LogP contribution in [0.1, 0.15) is 29.5 Å². The molecule has 1 fully saturated rings. The SMILES string of the molecule is Cc1cc(Oc2ncnc(N3CCCC3C(=O)NCC(N)=O)c2[N+](=O)[O-])cc(C)c1C. The van der Waals surface area contributed by atoms with E-state index >= 15 is 0 Å². The third-order valence-electron chi connectivity index (χ3n) is 5.33. The van der Waals surface area contributed by atoms with Gasteiger partial charge in [0.2, 0.25) is 17.6 Å². The van der Waals surface area contributed by atoms with Gasteiger partial charge in [0.1, 0.15) is 18.1 Å². The number of carbonyl (C=O) groups is 2. The van der Waals surface area contributed by atoms with Crippen molar-refractivity contribution in [3.8, 4) is 11.6 Å². The lowest BCUT2D eigenvalue weighted by Gasteiger charge is -2.24. The fourth-order valence-electron chi connectivity index (χ4n) is 3.55. The molecule has 1 aromatic heterocycles. The highest BCUT2D eigenvalue weighted by Gasteiger charge is 2.38. The Morgan fingerprint density at radius 3 is 2.58 bits per heavy atom. The average molecular weight is 428 g/mol. The standard InChI is InChI=1S/C20H24N6O5/c1-11-7-14(8-12(2)13(11)3)31-20-17(26(29)30)18(23-10-24-20)25-6-4-5-15(25)19(28)22-9-16(21)27/h7-8,10,15H,4-6,9H2,1-3H3,(H2,21,27)(H,22,28). The average Bonchev–Trinajstić information content (AvgIpc) is 3.19. The van der Waals surface area contributed by atoms with Crippen LogP contribution < -0.4 is 20.7 Å². The predicted octanol–water partition coefficient (Wildman–Crippen LogP) is 1.67. The van der Waals surface area contributed by atoms with E-state index in [1.165, 1.54) is 11.2 Å². The largest absolute Gasteiger partial charge is 0.434 e. The van der Waals surface area contributed by atoms with Crippen LogP contribution >= 0.6 is 0 Å². The summed E-state index contributed by atoms with van der Waals surface area (Å²) < 4.78 is 5.78. The molecule has 2 aromatic rings. The van der Waals surface area contributed by atoms with Crippen molar-refractivity contribution in [1.82, 2.24) is 15.3 Å². The summed E-state index contributed by atoms with van der Waals surface area (Å²) in [5, 5.41) is 14.4. The summed E-state index contributed by atoms with van der Waals surface area (Å²) in [6.45, 7) is 5.91. The van der Waals surface area contributed by atoms with Gasteiger partial charge in [0.05, 0.1) is 11.5 Å². The highest BCUT2D eigenvalue weighted by molar-refractivity contribution is 5.89. The number of nitrogens with two attached hydrogens (primary N) is 1. The van der Waals surface area contributed by atoms with Crippen LogP contribution in [0.25, 0.3) is 0 Å². The van der Waals surface area contributed by atoms with Crippen molar-refractivity contribution >= 4 is 23.3 Å². The third kappa shape index (κ3) is 4.71. The Kier molecular flexibility index (Phi) is 6.33. The molecule has 1 aliphatic heterocycles. The number of hydrogen-bond donors (Lipinski definition) is 2. The van der Waals surface area contributed by atoms with Crippen molar-refractivity contribution in [3.63, 3.8) is 0 Å². The zero-order valence-electron chi connectivity index (χ0n) is 17.5. The van der Waals surface area contributed by atoms with E-state index in [2.05, 4.69) is 15.3 Å². The number of rotatable bonds is 7. The van der Waals surface area contributed by atoms with Gasteiger partial charge in [0, 0.05) is 6.54 Å². The van der Waals surface area contributed by atoms with Crippen LogP contribution in [0.15, 0.2) is 18.5 Å². The molecule has 11 heteroatoms. The number of anilines is 1. The number of ether oxygens (including phenoxy) is 1. The molecule has 2 heterocycles. The first-order valence-corrected chi connectivity index (χ1v) is 9.76. The molecule has 1 aromatic carbocycles. The Morgan fingerprint density at radius 1 is 1.29 bits per heavy atom. The van der Waals surface area contributed by atoms with Gasteiger partial charge >= 0.3 is 11.6 Å². The van der Waals surface area contributed by atoms with Crippen molar-refractivity contribution in [3.05, 3.63) is 45.3 Å². The monoisotopic (exact) mass is 428 g/mol. The van der Waals surface area contributed by atoms with Crippen molar-refractivity contribution in [1.29, 1.82) is 0 Å². The summed E-state index contributed by atoms with van der Waals surface area (Å²) in [6.07, 6.45) is 2.25. The zero-order chi connectivity index (χ0) is 22.7. The first-order chi connectivity index (χ1) is 14.7. The van der Waals surface area contributed by atoms with Crippen molar-refractivity contribution < 1.29 is 19.2 Å². The van der Waals surface area contributed by atoms with Crippen LogP contribution in [0.5, 0.6) is 11.6 Å². The van der Waals surface area contributed by atoms with E-state index in [1.807, 2.05) is 20.8 Å². The molecule has 3 rings (SSSR count). The summed E-state index contributed by atoms with van der Waals surface area (Å²) in [7, 11) is 0. The minimum absolute atomic E-state index is 0.00715. The number of nitrogens with one attached hydrogen (secondary N) is 1. The Morgan fingerprint density at radius 2 is 1.97 bits per heavy atom. The number of aromatic nitrogens is 2. The minimum atomic E-state index is -0.718. The lowest BCUT2D eigenvalue weighted by Crippen LogP contribution is -2.46. The van der Waals surface area contributed by atoms with Gasteiger partial charge in [-0.1, -0.05) is 0 Å². The maximum atomic E-state index is 12.5. The second kappa shape index (κ2) is 8.94. The van der Waals surface area contributed by atoms with Gasteiger partial charge in [-0.2, -0.15) is 4.98 Å². The zero-order valence-corrected chi connectivity index (χ0v) is 17.5. The predicted molar refractivity (Wildman–Crippen MR) is 112 cm³/mol. The fourth-order valence-corrected chi connectivity index (χ4v) is 3.55. The first kappa shape index (κ1) is 21.9. The Balaban J connectivity index is 1.96. The van der Waals surface area contributed by atoms with E-state index in [9.17, 15) is 19.7 Å². The van der Waals surface area contributed by atoms with E-state index in [1.54, 1.807) is 12.1 Å². The number of hydrogen-bond acceptors (Lipinski definition) is 8. The number of nitro groups is 1. The van der Waals surface area contributed by atoms with Gasteiger partial charge in [-0.05, 0) is 62.4 Å². The quantitative estimate of drug-likeness (QED) is 0.499. The summed E-state index contributed by atoms with van der Waals surface area (Å²) in [6, 6.07) is 2.85. The lowest BCUT2D eigenvalue weighted by molar-refractivity contribution is -0.385. The minimum Gasteiger partial charge on any atom is -0.434 e. The smallest absolute Gasteiger partial charge is 0.373 e. The van der Waals surface area contributed by atoms with E-state index in [4.69, 9.17) is 10.5 Å². The van der Waals surface area contributed by atoms with Gasteiger partial charge in [-0.25, -0.2) is 4.98 Å². The summed E-state index contributed by atoms with van der Waals surface area (Å²) in [5.41, 5.74) is 7.73.